The highest BCUT2D eigenvalue weighted by Gasteiger charge is 2.24. The van der Waals surface area contributed by atoms with Gasteiger partial charge in [0.2, 0.25) is 11.9 Å². The van der Waals surface area contributed by atoms with Crippen LogP contribution in [0.4, 0.5) is 28.1 Å². The molecule has 3 aromatic rings. The molecule has 3 amide bonds. The third-order valence-electron chi connectivity index (χ3n) is 9.73. The summed E-state index contributed by atoms with van der Waals surface area (Å²) in [6, 6.07) is 14.8. The number of hydrogen-bond donors (Lipinski definition) is 2. The maximum absolute atomic E-state index is 13.1. The maximum Gasteiger partial charge on any atom is 0.323 e. The molecule has 13 nitrogen and oxygen atoms in total. The normalized spacial score (nSPS) is 17.9. The summed E-state index contributed by atoms with van der Waals surface area (Å²) in [4.78, 5) is 52.0. The van der Waals surface area contributed by atoms with Crippen LogP contribution >= 0.6 is 0 Å². The fourth-order valence-corrected chi connectivity index (χ4v) is 6.61. The van der Waals surface area contributed by atoms with E-state index in [1.54, 1.807) is 24.3 Å². The van der Waals surface area contributed by atoms with Crippen molar-refractivity contribution in [2.24, 2.45) is 0 Å². The molecule has 0 radical (unpaired) electrons. The van der Waals surface area contributed by atoms with Crippen molar-refractivity contribution in [2.75, 3.05) is 106 Å². The molecule has 13 heteroatoms. The van der Waals surface area contributed by atoms with E-state index in [-0.39, 0.29) is 11.9 Å². The van der Waals surface area contributed by atoms with Crippen LogP contribution in [0.15, 0.2) is 48.5 Å². The maximum atomic E-state index is 13.1. The lowest BCUT2D eigenvalue weighted by atomic mass is 10.1. The SMILES string of the molecule is CCCCN1CCN(C(=O)c2ccc(NC(=O)Nc3ccc(-c4nc(N5CCOCC5)nc(N5CCCN(C(C)C)CC5)n4)cc3)cc2)CC1. The van der Waals surface area contributed by atoms with Crippen molar-refractivity contribution in [1.82, 2.24) is 29.7 Å². The molecule has 0 atom stereocenters. The summed E-state index contributed by atoms with van der Waals surface area (Å²) in [6.45, 7) is 17.6. The van der Waals surface area contributed by atoms with Gasteiger partial charge in [0.05, 0.1) is 13.2 Å². The van der Waals surface area contributed by atoms with Crippen LogP contribution in [0.2, 0.25) is 0 Å². The second-order valence-electron chi connectivity index (χ2n) is 13.5. The lowest BCUT2D eigenvalue weighted by Gasteiger charge is -2.34. The Morgan fingerprint density at radius 1 is 0.740 bits per heavy atom. The predicted molar refractivity (Wildman–Crippen MR) is 198 cm³/mol. The van der Waals surface area contributed by atoms with Gasteiger partial charge in [-0.05, 0) is 81.8 Å². The van der Waals surface area contributed by atoms with Gasteiger partial charge in [-0.15, -0.1) is 0 Å². The molecule has 0 spiro atoms. The molecule has 3 saturated heterocycles. The highest BCUT2D eigenvalue weighted by atomic mass is 16.5. The van der Waals surface area contributed by atoms with E-state index < -0.39 is 0 Å². The van der Waals surface area contributed by atoms with Gasteiger partial charge in [-0.3, -0.25) is 14.6 Å². The third kappa shape index (κ3) is 9.26. The molecule has 268 valence electrons. The molecule has 4 heterocycles. The lowest BCUT2D eigenvalue weighted by Crippen LogP contribution is -2.48. The first-order chi connectivity index (χ1) is 24.4. The Bertz CT molecular complexity index is 1550. The molecule has 0 bridgehead atoms. The van der Waals surface area contributed by atoms with Gasteiger partial charge in [0.1, 0.15) is 0 Å². The minimum atomic E-state index is -0.367. The number of nitrogens with one attached hydrogen (secondary N) is 2. The predicted octanol–water partition coefficient (Wildman–Crippen LogP) is 4.50. The molecule has 3 aliphatic heterocycles. The zero-order valence-corrected chi connectivity index (χ0v) is 29.8. The quantitative estimate of drug-likeness (QED) is 0.316. The number of morpholine rings is 1. The van der Waals surface area contributed by atoms with E-state index in [4.69, 9.17) is 19.7 Å². The number of amides is 3. The van der Waals surface area contributed by atoms with Gasteiger partial charge in [0, 0.05) is 94.0 Å². The molecule has 0 unspecified atom stereocenters. The van der Waals surface area contributed by atoms with Crippen molar-refractivity contribution in [3.05, 3.63) is 54.1 Å². The summed E-state index contributed by atoms with van der Waals surface area (Å²) in [5.74, 6) is 1.99. The van der Waals surface area contributed by atoms with Crippen LogP contribution in [0.1, 0.15) is 50.4 Å². The van der Waals surface area contributed by atoms with Crippen molar-refractivity contribution < 1.29 is 14.3 Å². The zero-order valence-electron chi connectivity index (χ0n) is 29.8. The van der Waals surface area contributed by atoms with Gasteiger partial charge >= 0.3 is 6.03 Å². The number of carbonyl (C=O) groups excluding carboxylic acids is 2. The summed E-state index contributed by atoms with van der Waals surface area (Å²) in [6.07, 6.45) is 3.42. The number of carbonyl (C=O) groups is 2. The number of anilines is 4. The number of unbranched alkanes of at least 4 members (excludes halogenated alkanes) is 1. The number of hydrogen-bond acceptors (Lipinski definition) is 10. The van der Waals surface area contributed by atoms with Gasteiger partial charge in [-0.25, -0.2) is 4.79 Å². The molecule has 2 aromatic carbocycles. The Balaban J connectivity index is 1.07. The largest absolute Gasteiger partial charge is 0.378 e. The van der Waals surface area contributed by atoms with Crippen LogP contribution in [-0.4, -0.2) is 133 Å². The average Bonchev–Trinajstić information content (AvgIpc) is 3.42. The lowest BCUT2D eigenvalue weighted by molar-refractivity contribution is 0.0635. The zero-order chi connectivity index (χ0) is 34.9. The second-order valence-corrected chi connectivity index (χ2v) is 13.5. The molecule has 0 aliphatic carbocycles. The Kier molecular flexibility index (Phi) is 12.1. The smallest absolute Gasteiger partial charge is 0.323 e. The Hall–Kier alpha value is -4.33. The van der Waals surface area contributed by atoms with Gasteiger partial charge in [0.25, 0.3) is 5.91 Å². The van der Waals surface area contributed by atoms with E-state index in [9.17, 15) is 9.59 Å². The molecule has 50 heavy (non-hydrogen) atoms. The standard InChI is InChI=1S/C37H52N10O3/c1-4-5-15-43-18-20-45(21-19-43)34(48)30-9-13-32(14-10-30)39-37(49)38-31-11-7-29(8-12-31)33-40-35(42-36(41-33)47-24-26-50-27-25-47)46-17-6-16-44(22-23-46)28(2)3/h7-14,28H,4-6,15-27H2,1-3H3,(H2,38,39,49). The van der Waals surface area contributed by atoms with Crippen LogP contribution < -0.4 is 20.4 Å². The van der Waals surface area contributed by atoms with Crippen molar-refractivity contribution >= 4 is 35.2 Å². The third-order valence-corrected chi connectivity index (χ3v) is 9.73. The first-order valence-corrected chi connectivity index (χ1v) is 18.2. The van der Waals surface area contributed by atoms with E-state index in [1.165, 1.54) is 12.8 Å². The van der Waals surface area contributed by atoms with Gasteiger partial charge in [-0.2, -0.15) is 15.0 Å². The second kappa shape index (κ2) is 17.1. The van der Waals surface area contributed by atoms with Gasteiger partial charge in [0.15, 0.2) is 5.82 Å². The van der Waals surface area contributed by atoms with E-state index in [2.05, 4.69) is 51.0 Å². The fourth-order valence-electron chi connectivity index (χ4n) is 6.61. The van der Waals surface area contributed by atoms with Crippen LogP contribution in [0.25, 0.3) is 11.4 Å². The molecule has 2 N–H and O–H groups in total. The number of rotatable bonds is 10. The van der Waals surface area contributed by atoms with E-state index in [0.717, 1.165) is 84.0 Å². The minimum Gasteiger partial charge on any atom is -0.378 e. The van der Waals surface area contributed by atoms with Gasteiger partial charge < -0.3 is 30.1 Å². The van der Waals surface area contributed by atoms with E-state index in [0.29, 0.717) is 53.9 Å². The van der Waals surface area contributed by atoms with Crippen molar-refractivity contribution in [2.45, 2.75) is 46.1 Å². The van der Waals surface area contributed by atoms with Crippen molar-refractivity contribution in [3.63, 3.8) is 0 Å². The first-order valence-electron chi connectivity index (χ1n) is 18.2. The molecular weight excluding hydrogens is 632 g/mol. The number of benzene rings is 2. The molecule has 3 fully saturated rings. The molecule has 3 aliphatic rings. The average molecular weight is 685 g/mol. The topological polar surface area (TPSA) is 122 Å². The number of urea groups is 1. The highest BCUT2D eigenvalue weighted by Crippen LogP contribution is 2.25. The van der Waals surface area contributed by atoms with Crippen LogP contribution in [0.3, 0.4) is 0 Å². The Morgan fingerprint density at radius 3 is 1.98 bits per heavy atom. The highest BCUT2D eigenvalue weighted by molar-refractivity contribution is 6.00. The Labute approximate surface area is 296 Å². The van der Waals surface area contributed by atoms with Gasteiger partial charge in [-0.1, -0.05) is 13.3 Å². The van der Waals surface area contributed by atoms with Crippen molar-refractivity contribution in [1.29, 1.82) is 0 Å². The monoisotopic (exact) mass is 684 g/mol. The first kappa shape index (κ1) is 35.5. The Morgan fingerprint density at radius 2 is 1.36 bits per heavy atom. The minimum absolute atomic E-state index is 0.0304. The van der Waals surface area contributed by atoms with Crippen LogP contribution in [0.5, 0.6) is 0 Å². The number of ether oxygens (including phenoxy) is 1. The number of nitrogens with zero attached hydrogens (tertiary/aromatic N) is 8. The molecule has 6 rings (SSSR count). The summed E-state index contributed by atoms with van der Waals surface area (Å²) >= 11 is 0. The summed E-state index contributed by atoms with van der Waals surface area (Å²) in [5, 5.41) is 5.78. The number of piperazine rings is 1. The van der Waals surface area contributed by atoms with E-state index >= 15 is 0 Å². The molecule has 0 saturated carbocycles. The van der Waals surface area contributed by atoms with Crippen LogP contribution in [0, 0.1) is 0 Å². The number of aromatic nitrogens is 3. The summed E-state index contributed by atoms with van der Waals surface area (Å²) < 4.78 is 5.58. The summed E-state index contributed by atoms with van der Waals surface area (Å²) in [7, 11) is 0. The summed E-state index contributed by atoms with van der Waals surface area (Å²) in [5.41, 5.74) is 2.72. The van der Waals surface area contributed by atoms with E-state index in [1.807, 2.05) is 29.2 Å². The van der Waals surface area contributed by atoms with Crippen LogP contribution in [-0.2, 0) is 4.74 Å². The molecular formula is C37H52N10O3. The molecule has 1 aromatic heterocycles. The fraction of sp³-hybridized carbons (Fsp3) is 0.541. The van der Waals surface area contributed by atoms with Crippen molar-refractivity contribution in [3.8, 4) is 11.4 Å².